The zero-order valence-corrected chi connectivity index (χ0v) is 12.1. The molecular formula is C13H21N3O5. The number of rotatable bonds is 4. The highest BCUT2D eigenvalue weighted by molar-refractivity contribution is 5.83. The van der Waals surface area contributed by atoms with Gasteiger partial charge >= 0.3 is 18.1 Å². The Bertz CT molecular complexity index is 416. The van der Waals surface area contributed by atoms with Gasteiger partial charge < -0.3 is 25.0 Å². The molecule has 2 N–H and O–H groups in total. The van der Waals surface area contributed by atoms with E-state index < -0.39 is 12.0 Å². The molecule has 0 aromatic carbocycles. The van der Waals surface area contributed by atoms with Crippen LogP contribution in [0.5, 0.6) is 0 Å². The predicted octanol–water partition coefficient (Wildman–Crippen LogP) is 0.333. The van der Waals surface area contributed by atoms with Gasteiger partial charge in [-0.05, 0) is 25.7 Å². The molecule has 1 aliphatic carbocycles. The number of urea groups is 1. The molecule has 1 atom stereocenters. The van der Waals surface area contributed by atoms with E-state index in [2.05, 4.69) is 5.32 Å². The first kappa shape index (κ1) is 15.4. The van der Waals surface area contributed by atoms with Crippen LogP contribution in [0.3, 0.4) is 0 Å². The lowest BCUT2D eigenvalue weighted by molar-refractivity contribution is -0.139. The first-order valence-electron chi connectivity index (χ1n) is 7.23. The van der Waals surface area contributed by atoms with Crippen LogP contribution >= 0.6 is 0 Å². The number of carbonyl (C=O) groups is 3. The number of carboxylic acid groups (broad SMARTS) is 1. The van der Waals surface area contributed by atoms with Crippen molar-refractivity contribution in [1.82, 2.24) is 15.1 Å². The van der Waals surface area contributed by atoms with Gasteiger partial charge in [-0.25, -0.2) is 14.4 Å². The Morgan fingerprint density at radius 3 is 2.24 bits per heavy atom. The van der Waals surface area contributed by atoms with Gasteiger partial charge in [-0.2, -0.15) is 0 Å². The van der Waals surface area contributed by atoms with Gasteiger partial charge in [0.05, 0.1) is 6.61 Å². The molecule has 2 fully saturated rings. The Labute approximate surface area is 123 Å². The van der Waals surface area contributed by atoms with Crippen LogP contribution in [0.25, 0.3) is 0 Å². The molecule has 21 heavy (non-hydrogen) atoms. The molecule has 0 spiro atoms. The Hall–Kier alpha value is -1.99. The number of amides is 3. The molecule has 8 nitrogen and oxygen atoms in total. The zero-order valence-electron chi connectivity index (χ0n) is 12.1. The second kappa shape index (κ2) is 6.64. The van der Waals surface area contributed by atoms with E-state index in [0.717, 1.165) is 12.8 Å². The van der Waals surface area contributed by atoms with Crippen molar-refractivity contribution in [3.63, 3.8) is 0 Å². The van der Waals surface area contributed by atoms with Crippen LogP contribution in [0.1, 0.15) is 19.8 Å². The molecule has 2 aliphatic rings. The average Bonchev–Trinajstić information content (AvgIpc) is 3.29. The fraction of sp³-hybridized carbons (Fsp3) is 0.769. The van der Waals surface area contributed by atoms with Crippen LogP contribution in [0.2, 0.25) is 0 Å². The van der Waals surface area contributed by atoms with Crippen LogP contribution in [0.4, 0.5) is 9.59 Å². The summed E-state index contributed by atoms with van der Waals surface area (Å²) in [5.74, 6) is -0.941. The second-order valence-corrected chi connectivity index (χ2v) is 5.28. The summed E-state index contributed by atoms with van der Waals surface area (Å²) in [4.78, 5) is 37.8. The molecule has 8 heteroatoms. The Morgan fingerprint density at radius 2 is 1.76 bits per heavy atom. The quantitative estimate of drug-likeness (QED) is 0.779. The standard InChI is InChI=1S/C13H21N3O5/c1-2-21-13(20)16-7-5-15(6-8-16)12(19)14-10(11(17)18)9-3-4-9/h9-10H,2-8H2,1H3,(H,14,19)(H,17,18). The van der Waals surface area contributed by atoms with Gasteiger partial charge in [0.1, 0.15) is 6.04 Å². The number of carboxylic acids is 1. The third-order valence-electron chi connectivity index (χ3n) is 3.73. The number of ether oxygens (including phenoxy) is 1. The van der Waals surface area contributed by atoms with Crippen molar-refractivity contribution >= 4 is 18.1 Å². The molecule has 2 rings (SSSR count). The highest BCUT2D eigenvalue weighted by Crippen LogP contribution is 2.32. The number of aliphatic carboxylic acids is 1. The maximum atomic E-state index is 12.1. The van der Waals surface area contributed by atoms with Gasteiger partial charge in [0.2, 0.25) is 0 Å². The molecule has 1 unspecified atom stereocenters. The van der Waals surface area contributed by atoms with Crippen LogP contribution in [-0.4, -0.2) is 71.8 Å². The SMILES string of the molecule is CCOC(=O)N1CCN(C(=O)NC(C(=O)O)C2CC2)CC1. The first-order valence-corrected chi connectivity index (χ1v) is 7.23. The van der Waals surface area contributed by atoms with E-state index in [1.807, 2.05) is 0 Å². The largest absolute Gasteiger partial charge is 0.480 e. The normalized spacial score (nSPS) is 19.9. The number of nitrogens with zero attached hydrogens (tertiary/aromatic N) is 2. The van der Waals surface area contributed by atoms with E-state index in [0.29, 0.717) is 32.8 Å². The Balaban J connectivity index is 1.80. The summed E-state index contributed by atoms with van der Waals surface area (Å²) < 4.78 is 4.90. The molecule has 0 aromatic rings. The highest BCUT2D eigenvalue weighted by Gasteiger charge is 2.38. The lowest BCUT2D eigenvalue weighted by Gasteiger charge is -2.34. The third kappa shape index (κ3) is 3.99. The minimum absolute atomic E-state index is 0.0484. The molecule has 1 saturated heterocycles. The van der Waals surface area contributed by atoms with Crippen molar-refractivity contribution in [2.45, 2.75) is 25.8 Å². The van der Waals surface area contributed by atoms with Crippen LogP contribution in [0, 0.1) is 5.92 Å². The maximum Gasteiger partial charge on any atom is 0.409 e. The summed E-state index contributed by atoms with van der Waals surface area (Å²) in [6.07, 6.45) is 1.31. The van der Waals surface area contributed by atoms with Gasteiger partial charge in [-0.3, -0.25) is 0 Å². The number of carbonyl (C=O) groups excluding carboxylic acids is 2. The van der Waals surface area contributed by atoms with E-state index >= 15 is 0 Å². The summed E-state index contributed by atoms with van der Waals surface area (Å²) in [6.45, 7) is 3.61. The molecule has 1 aliphatic heterocycles. The average molecular weight is 299 g/mol. The van der Waals surface area contributed by atoms with Crippen molar-refractivity contribution in [3.8, 4) is 0 Å². The summed E-state index contributed by atoms with van der Waals surface area (Å²) >= 11 is 0. The lowest BCUT2D eigenvalue weighted by Crippen LogP contribution is -2.56. The summed E-state index contributed by atoms with van der Waals surface area (Å²) in [7, 11) is 0. The van der Waals surface area contributed by atoms with Gasteiger partial charge in [0, 0.05) is 26.2 Å². The van der Waals surface area contributed by atoms with Crippen molar-refractivity contribution in [1.29, 1.82) is 0 Å². The van der Waals surface area contributed by atoms with Crippen molar-refractivity contribution < 1.29 is 24.2 Å². The van der Waals surface area contributed by atoms with Gasteiger partial charge in [-0.15, -0.1) is 0 Å². The molecule has 1 heterocycles. The van der Waals surface area contributed by atoms with Gasteiger partial charge in [0.25, 0.3) is 0 Å². The van der Waals surface area contributed by atoms with E-state index in [4.69, 9.17) is 9.84 Å². The minimum atomic E-state index is -0.990. The summed E-state index contributed by atoms with van der Waals surface area (Å²) in [5.41, 5.74) is 0. The number of nitrogens with one attached hydrogen (secondary N) is 1. The van der Waals surface area contributed by atoms with Crippen LogP contribution in [0.15, 0.2) is 0 Å². The lowest BCUT2D eigenvalue weighted by atomic mass is 10.2. The number of piperazine rings is 1. The third-order valence-corrected chi connectivity index (χ3v) is 3.73. The van der Waals surface area contributed by atoms with E-state index in [-0.39, 0.29) is 18.0 Å². The molecule has 0 radical (unpaired) electrons. The molecule has 118 valence electrons. The number of hydrogen-bond acceptors (Lipinski definition) is 4. The van der Waals surface area contributed by atoms with Crippen LogP contribution in [-0.2, 0) is 9.53 Å². The second-order valence-electron chi connectivity index (χ2n) is 5.28. The molecular weight excluding hydrogens is 278 g/mol. The topological polar surface area (TPSA) is 99.2 Å². The summed E-state index contributed by atoms with van der Waals surface area (Å²) in [6, 6.07) is -1.18. The molecule has 1 saturated carbocycles. The smallest absolute Gasteiger partial charge is 0.409 e. The minimum Gasteiger partial charge on any atom is -0.480 e. The fourth-order valence-corrected chi connectivity index (χ4v) is 2.34. The van der Waals surface area contributed by atoms with Gasteiger partial charge in [0.15, 0.2) is 0 Å². The van der Waals surface area contributed by atoms with Crippen molar-refractivity contribution in [3.05, 3.63) is 0 Å². The molecule has 0 bridgehead atoms. The maximum absolute atomic E-state index is 12.1. The number of hydrogen-bond donors (Lipinski definition) is 2. The van der Waals surface area contributed by atoms with E-state index in [9.17, 15) is 14.4 Å². The monoisotopic (exact) mass is 299 g/mol. The Kier molecular flexibility index (Phi) is 4.87. The first-order chi connectivity index (χ1) is 10.0. The Morgan fingerprint density at radius 1 is 1.19 bits per heavy atom. The van der Waals surface area contributed by atoms with Crippen molar-refractivity contribution in [2.24, 2.45) is 5.92 Å². The van der Waals surface area contributed by atoms with Crippen molar-refractivity contribution in [2.75, 3.05) is 32.8 Å². The van der Waals surface area contributed by atoms with Gasteiger partial charge in [-0.1, -0.05) is 0 Å². The summed E-state index contributed by atoms with van der Waals surface area (Å²) in [5, 5.41) is 11.7. The predicted molar refractivity (Wildman–Crippen MR) is 72.8 cm³/mol. The highest BCUT2D eigenvalue weighted by atomic mass is 16.6. The van der Waals surface area contributed by atoms with E-state index in [1.54, 1.807) is 11.8 Å². The molecule has 3 amide bonds. The zero-order chi connectivity index (χ0) is 15.4. The van der Waals surface area contributed by atoms with E-state index in [1.165, 1.54) is 4.90 Å². The van der Waals surface area contributed by atoms with Crippen LogP contribution < -0.4 is 5.32 Å². The molecule has 0 aromatic heterocycles. The fourth-order valence-electron chi connectivity index (χ4n) is 2.34.